The molecule has 13 heavy (non-hydrogen) atoms. The van der Waals surface area contributed by atoms with Crippen molar-refractivity contribution in [3.05, 3.63) is 0 Å². The summed E-state index contributed by atoms with van der Waals surface area (Å²) in [5.41, 5.74) is 5.61. The van der Waals surface area contributed by atoms with E-state index in [2.05, 4.69) is 19.0 Å². The van der Waals surface area contributed by atoms with Crippen molar-refractivity contribution < 1.29 is 0 Å². The van der Waals surface area contributed by atoms with E-state index in [-0.39, 0.29) is 24.8 Å². The summed E-state index contributed by atoms with van der Waals surface area (Å²) < 4.78 is 0. The van der Waals surface area contributed by atoms with Crippen LogP contribution in [0.15, 0.2) is 0 Å². The Hall–Kier alpha value is 0.500. The molecule has 0 atom stereocenters. The van der Waals surface area contributed by atoms with Gasteiger partial charge in [0, 0.05) is 6.04 Å². The number of nitrogens with two attached hydrogens (primary N) is 1. The van der Waals surface area contributed by atoms with Crippen molar-refractivity contribution in [1.82, 2.24) is 4.90 Å². The highest BCUT2D eigenvalue weighted by molar-refractivity contribution is 5.85. The molecule has 0 radical (unpaired) electrons. The highest BCUT2D eigenvalue weighted by Crippen LogP contribution is 2.25. The van der Waals surface area contributed by atoms with Crippen LogP contribution in [0.3, 0.4) is 0 Å². The van der Waals surface area contributed by atoms with Gasteiger partial charge in [-0.1, -0.05) is 0 Å². The van der Waals surface area contributed by atoms with Crippen molar-refractivity contribution in [3.8, 4) is 0 Å². The minimum absolute atomic E-state index is 0. The summed E-state index contributed by atoms with van der Waals surface area (Å²) >= 11 is 0. The lowest BCUT2D eigenvalue weighted by atomic mass is 9.86. The van der Waals surface area contributed by atoms with Crippen LogP contribution in [-0.2, 0) is 0 Å². The minimum Gasteiger partial charge on any atom is -0.330 e. The molecule has 0 amide bonds. The molecular formula is C9H22Cl2N2. The maximum Gasteiger partial charge on any atom is 0.00893 e. The summed E-state index contributed by atoms with van der Waals surface area (Å²) in [6.07, 6.45) is 5.35. The third-order valence-corrected chi connectivity index (χ3v) is 2.88. The molecule has 0 bridgehead atoms. The molecule has 1 rings (SSSR count). The number of hydrogen-bond donors (Lipinski definition) is 1. The van der Waals surface area contributed by atoms with Crippen molar-refractivity contribution in [2.24, 2.45) is 11.7 Å². The van der Waals surface area contributed by atoms with Gasteiger partial charge >= 0.3 is 0 Å². The van der Waals surface area contributed by atoms with E-state index in [0.29, 0.717) is 0 Å². The summed E-state index contributed by atoms with van der Waals surface area (Å²) in [4.78, 5) is 2.34. The van der Waals surface area contributed by atoms with Crippen molar-refractivity contribution in [3.63, 3.8) is 0 Å². The molecule has 1 fully saturated rings. The first-order valence-electron chi connectivity index (χ1n) is 4.60. The second-order valence-corrected chi connectivity index (χ2v) is 3.87. The highest BCUT2D eigenvalue weighted by atomic mass is 35.5. The fourth-order valence-corrected chi connectivity index (χ4v) is 1.90. The topological polar surface area (TPSA) is 29.3 Å². The lowest BCUT2D eigenvalue weighted by Crippen LogP contribution is -2.33. The molecule has 0 unspecified atom stereocenters. The van der Waals surface area contributed by atoms with Gasteiger partial charge in [-0.05, 0) is 52.2 Å². The predicted molar refractivity (Wildman–Crippen MR) is 63.0 cm³/mol. The van der Waals surface area contributed by atoms with Gasteiger partial charge in [0.2, 0.25) is 0 Å². The third-order valence-electron chi connectivity index (χ3n) is 2.88. The molecule has 0 aromatic carbocycles. The van der Waals surface area contributed by atoms with E-state index >= 15 is 0 Å². The maximum absolute atomic E-state index is 5.61. The van der Waals surface area contributed by atoms with Gasteiger partial charge in [-0.3, -0.25) is 0 Å². The van der Waals surface area contributed by atoms with Crippen molar-refractivity contribution in [1.29, 1.82) is 0 Å². The van der Waals surface area contributed by atoms with Crippen LogP contribution in [0, 0.1) is 5.92 Å². The molecule has 82 valence electrons. The fourth-order valence-electron chi connectivity index (χ4n) is 1.90. The smallest absolute Gasteiger partial charge is 0.00893 e. The monoisotopic (exact) mass is 228 g/mol. The standard InChI is InChI=1S/C9H20N2.2ClH/c1-11(2)9-5-3-8(7-10)4-6-9;;/h8-9H,3-7,10H2,1-2H3;2*1H. The molecule has 2 nitrogen and oxygen atoms in total. The molecule has 0 aromatic rings. The quantitative estimate of drug-likeness (QED) is 0.783. The van der Waals surface area contributed by atoms with Crippen LogP contribution in [0.2, 0.25) is 0 Å². The second-order valence-electron chi connectivity index (χ2n) is 3.87. The van der Waals surface area contributed by atoms with Crippen LogP contribution < -0.4 is 5.73 Å². The molecule has 2 N–H and O–H groups in total. The lowest BCUT2D eigenvalue weighted by Gasteiger charge is -2.31. The van der Waals surface area contributed by atoms with Crippen molar-refractivity contribution in [2.45, 2.75) is 31.7 Å². The first-order chi connectivity index (χ1) is 5.24. The molecular weight excluding hydrogens is 207 g/mol. The van der Waals surface area contributed by atoms with E-state index in [4.69, 9.17) is 5.73 Å². The fraction of sp³-hybridized carbons (Fsp3) is 1.00. The van der Waals surface area contributed by atoms with E-state index in [0.717, 1.165) is 18.5 Å². The molecule has 0 spiro atoms. The van der Waals surface area contributed by atoms with E-state index in [1.165, 1.54) is 25.7 Å². The maximum atomic E-state index is 5.61. The van der Waals surface area contributed by atoms with Crippen molar-refractivity contribution >= 4 is 24.8 Å². The summed E-state index contributed by atoms with van der Waals surface area (Å²) in [5, 5.41) is 0. The first kappa shape index (κ1) is 15.9. The Morgan fingerprint density at radius 1 is 1.08 bits per heavy atom. The van der Waals surface area contributed by atoms with Crippen LogP contribution in [0.4, 0.5) is 0 Å². The largest absolute Gasteiger partial charge is 0.330 e. The predicted octanol–water partition coefficient (Wildman–Crippen LogP) is 1.91. The third kappa shape index (κ3) is 5.06. The Morgan fingerprint density at radius 3 is 1.85 bits per heavy atom. The molecule has 0 aliphatic heterocycles. The van der Waals surface area contributed by atoms with Gasteiger partial charge in [-0.15, -0.1) is 24.8 Å². The van der Waals surface area contributed by atoms with Crippen LogP contribution in [-0.4, -0.2) is 31.6 Å². The van der Waals surface area contributed by atoms with Crippen LogP contribution in [0.1, 0.15) is 25.7 Å². The molecule has 1 saturated carbocycles. The number of hydrogen-bond acceptors (Lipinski definition) is 2. The summed E-state index contributed by atoms with van der Waals surface area (Å²) in [7, 11) is 4.35. The molecule has 4 heteroatoms. The molecule has 0 heterocycles. The van der Waals surface area contributed by atoms with Gasteiger partial charge in [-0.2, -0.15) is 0 Å². The van der Waals surface area contributed by atoms with Crippen LogP contribution >= 0.6 is 24.8 Å². The molecule has 1 aliphatic carbocycles. The lowest BCUT2D eigenvalue weighted by molar-refractivity contribution is 0.196. The Kier molecular flexibility index (Phi) is 9.65. The van der Waals surface area contributed by atoms with Gasteiger partial charge in [0.05, 0.1) is 0 Å². The molecule has 1 aliphatic rings. The van der Waals surface area contributed by atoms with E-state index < -0.39 is 0 Å². The number of halogens is 2. The minimum atomic E-state index is 0. The van der Waals surface area contributed by atoms with E-state index in [9.17, 15) is 0 Å². The van der Waals surface area contributed by atoms with Crippen molar-refractivity contribution in [2.75, 3.05) is 20.6 Å². The highest BCUT2D eigenvalue weighted by Gasteiger charge is 2.20. The van der Waals surface area contributed by atoms with Gasteiger partial charge in [0.25, 0.3) is 0 Å². The summed E-state index contributed by atoms with van der Waals surface area (Å²) in [6.45, 7) is 0.889. The SMILES string of the molecule is CN(C)C1CCC(CN)CC1.Cl.Cl. The van der Waals surface area contributed by atoms with Gasteiger partial charge < -0.3 is 10.6 Å². The zero-order valence-corrected chi connectivity index (χ0v) is 10.2. The Balaban J connectivity index is 0. The first-order valence-corrected chi connectivity index (χ1v) is 4.60. The Morgan fingerprint density at radius 2 is 1.54 bits per heavy atom. The Labute approximate surface area is 94.1 Å². The normalized spacial score (nSPS) is 27.7. The van der Waals surface area contributed by atoms with E-state index in [1.807, 2.05) is 0 Å². The van der Waals surface area contributed by atoms with E-state index in [1.54, 1.807) is 0 Å². The molecule has 0 aromatic heterocycles. The Bertz CT molecular complexity index is 112. The van der Waals surface area contributed by atoms with Gasteiger partial charge in [0.1, 0.15) is 0 Å². The zero-order valence-electron chi connectivity index (χ0n) is 8.53. The van der Waals surface area contributed by atoms with Gasteiger partial charge in [-0.25, -0.2) is 0 Å². The average molecular weight is 229 g/mol. The summed E-state index contributed by atoms with van der Waals surface area (Å²) in [6, 6.07) is 0.817. The number of nitrogens with zero attached hydrogens (tertiary/aromatic N) is 1. The van der Waals surface area contributed by atoms with Crippen LogP contribution in [0.25, 0.3) is 0 Å². The van der Waals surface area contributed by atoms with Gasteiger partial charge in [0.15, 0.2) is 0 Å². The zero-order chi connectivity index (χ0) is 8.27. The molecule has 0 saturated heterocycles. The average Bonchev–Trinajstić information content (AvgIpc) is 2.05. The van der Waals surface area contributed by atoms with Crippen LogP contribution in [0.5, 0.6) is 0 Å². The number of rotatable bonds is 2. The summed E-state index contributed by atoms with van der Waals surface area (Å²) in [5.74, 6) is 0.811. The second kappa shape index (κ2) is 7.86.